The number of hydrogen-bond acceptors (Lipinski definition) is 5. The lowest BCUT2D eigenvalue weighted by molar-refractivity contribution is 0.0321. The molecular formula is C18H30N2O3. The molecule has 5 nitrogen and oxygen atoms in total. The SMILES string of the molecule is CC[C@H]1CN(CCOc2ccccc2OC)CCN1C[C@H](C)O. The first-order chi connectivity index (χ1) is 11.1. The van der Waals surface area contributed by atoms with Gasteiger partial charge in [0.2, 0.25) is 0 Å². The van der Waals surface area contributed by atoms with Crippen LogP contribution in [-0.2, 0) is 0 Å². The second kappa shape index (κ2) is 9.11. The lowest BCUT2D eigenvalue weighted by Crippen LogP contribution is -2.55. The number of hydrogen-bond donors (Lipinski definition) is 1. The molecule has 1 heterocycles. The van der Waals surface area contributed by atoms with Crippen LogP contribution in [0.1, 0.15) is 20.3 Å². The van der Waals surface area contributed by atoms with Crippen LogP contribution in [0.3, 0.4) is 0 Å². The molecule has 0 radical (unpaired) electrons. The van der Waals surface area contributed by atoms with E-state index in [4.69, 9.17) is 9.47 Å². The van der Waals surface area contributed by atoms with Crippen molar-refractivity contribution in [2.75, 3.05) is 46.4 Å². The molecule has 1 aromatic carbocycles. The van der Waals surface area contributed by atoms with E-state index in [0.29, 0.717) is 12.6 Å². The molecule has 0 aromatic heterocycles. The zero-order chi connectivity index (χ0) is 16.7. The summed E-state index contributed by atoms with van der Waals surface area (Å²) in [5.41, 5.74) is 0. The highest BCUT2D eigenvalue weighted by Gasteiger charge is 2.26. The molecule has 1 aromatic rings. The molecule has 0 saturated carbocycles. The number of ether oxygens (including phenoxy) is 2. The van der Waals surface area contributed by atoms with Crippen LogP contribution in [0, 0.1) is 0 Å². The summed E-state index contributed by atoms with van der Waals surface area (Å²) in [6.45, 7) is 9.50. The highest BCUT2D eigenvalue weighted by molar-refractivity contribution is 5.39. The van der Waals surface area contributed by atoms with Gasteiger partial charge in [-0.05, 0) is 25.5 Å². The largest absolute Gasteiger partial charge is 0.493 e. The molecule has 0 amide bonds. The number of aliphatic hydroxyl groups is 1. The predicted octanol–water partition coefficient (Wildman–Crippen LogP) is 1.85. The molecule has 130 valence electrons. The van der Waals surface area contributed by atoms with Crippen molar-refractivity contribution in [2.45, 2.75) is 32.4 Å². The molecule has 23 heavy (non-hydrogen) atoms. The minimum Gasteiger partial charge on any atom is -0.493 e. The van der Waals surface area contributed by atoms with Gasteiger partial charge in [0, 0.05) is 38.8 Å². The van der Waals surface area contributed by atoms with Crippen LogP contribution in [0.5, 0.6) is 11.5 Å². The molecule has 1 saturated heterocycles. The molecule has 1 aliphatic rings. The van der Waals surface area contributed by atoms with Gasteiger partial charge in [-0.3, -0.25) is 9.80 Å². The van der Waals surface area contributed by atoms with Crippen LogP contribution >= 0.6 is 0 Å². The summed E-state index contributed by atoms with van der Waals surface area (Å²) in [6, 6.07) is 8.27. The molecule has 0 bridgehead atoms. The summed E-state index contributed by atoms with van der Waals surface area (Å²) in [5.74, 6) is 1.58. The van der Waals surface area contributed by atoms with Crippen molar-refractivity contribution >= 4 is 0 Å². The third kappa shape index (κ3) is 5.37. The van der Waals surface area contributed by atoms with Gasteiger partial charge >= 0.3 is 0 Å². The normalized spacial score (nSPS) is 21.1. The summed E-state index contributed by atoms with van der Waals surface area (Å²) < 4.78 is 11.2. The van der Waals surface area contributed by atoms with Gasteiger partial charge in [-0.1, -0.05) is 19.1 Å². The second-order valence-electron chi connectivity index (χ2n) is 6.21. The standard InChI is InChI=1S/C18H30N2O3/c1-4-16-14-19(9-10-20(16)13-15(2)21)11-12-23-18-8-6-5-7-17(18)22-3/h5-8,15-16,21H,4,9-14H2,1-3H3/t15-,16-/m0/s1. The molecule has 2 rings (SSSR count). The minimum atomic E-state index is -0.260. The summed E-state index contributed by atoms with van der Waals surface area (Å²) in [5, 5.41) is 9.61. The average Bonchev–Trinajstić information content (AvgIpc) is 2.56. The van der Waals surface area contributed by atoms with Crippen molar-refractivity contribution in [1.29, 1.82) is 0 Å². The van der Waals surface area contributed by atoms with Gasteiger partial charge in [0.1, 0.15) is 6.61 Å². The molecule has 0 aliphatic carbocycles. The Morgan fingerprint density at radius 3 is 2.65 bits per heavy atom. The van der Waals surface area contributed by atoms with Crippen molar-refractivity contribution in [1.82, 2.24) is 9.80 Å². The van der Waals surface area contributed by atoms with Crippen molar-refractivity contribution in [3.63, 3.8) is 0 Å². The molecule has 5 heteroatoms. The van der Waals surface area contributed by atoms with Crippen LogP contribution < -0.4 is 9.47 Å². The molecule has 1 N–H and O–H groups in total. The van der Waals surface area contributed by atoms with Crippen LogP contribution in [0.25, 0.3) is 0 Å². The van der Waals surface area contributed by atoms with Gasteiger partial charge < -0.3 is 14.6 Å². The van der Waals surface area contributed by atoms with Crippen molar-refractivity contribution in [2.24, 2.45) is 0 Å². The van der Waals surface area contributed by atoms with Crippen LogP contribution in [-0.4, -0.2) is 73.5 Å². The zero-order valence-electron chi connectivity index (χ0n) is 14.6. The first kappa shape index (κ1) is 18.0. The monoisotopic (exact) mass is 322 g/mol. The first-order valence-corrected chi connectivity index (χ1v) is 8.54. The van der Waals surface area contributed by atoms with Crippen molar-refractivity contribution in [3.8, 4) is 11.5 Å². The Bertz CT molecular complexity index is 467. The van der Waals surface area contributed by atoms with Crippen molar-refractivity contribution < 1.29 is 14.6 Å². The fraction of sp³-hybridized carbons (Fsp3) is 0.667. The maximum atomic E-state index is 9.61. The van der Waals surface area contributed by atoms with Crippen LogP contribution in [0.2, 0.25) is 0 Å². The topological polar surface area (TPSA) is 45.2 Å². The Labute approximate surface area is 139 Å². The van der Waals surface area contributed by atoms with E-state index >= 15 is 0 Å². The Kier molecular flexibility index (Phi) is 7.15. The summed E-state index contributed by atoms with van der Waals surface area (Å²) in [4.78, 5) is 4.85. The molecule has 1 aliphatic heterocycles. The number of piperazine rings is 1. The number of rotatable bonds is 8. The fourth-order valence-electron chi connectivity index (χ4n) is 3.15. The summed E-state index contributed by atoms with van der Waals surface area (Å²) in [7, 11) is 1.66. The Balaban J connectivity index is 1.78. The minimum absolute atomic E-state index is 0.260. The number of nitrogens with zero attached hydrogens (tertiary/aromatic N) is 2. The van der Waals surface area contributed by atoms with E-state index in [2.05, 4.69) is 16.7 Å². The van der Waals surface area contributed by atoms with Crippen molar-refractivity contribution in [3.05, 3.63) is 24.3 Å². The van der Waals surface area contributed by atoms with Gasteiger partial charge in [-0.25, -0.2) is 0 Å². The van der Waals surface area contributed by atoms with Gasteiger partial charge in [-0.15, -0.1) is 0 Å². The third-order valence-corrected chi connectivity index (χ3v) is 4.39. The zero-order valence-corrected chi connectivity index (χ0v) is 14.6. The van der Waals surface area contributed by atoms with E-state index in [-0.39, 0.29) is 6.10 Å². The predicted molar refractivity (Wildman–Crippen MR) is 92.3 cm³/mol. The highest BCUT2D eigenvalue weighted by Crippen LogP contribution is 2.25. The number of methoxy groups -OCH3 is 1. The molecule has 0 unspecified atom stereocenters. The van der Waals surface area contributed by atoms with Crippen LogP contribution in [0.15, 0.2) is 24.3 Å². The van der Waals surface area contributed by atoms with E-state index in [9.17, 15) is 5.11 Å². The third-order valence-electron chi connectivity index (χ3n) is 4.39. The van der Waals surface area contributed by atoms with E-state index in [0.717, 1.165) is 50.6 Å². The van der Waals surface area contributed by atoms with E-state index in [1.54, 1.807) is 7.11 Å². The number of β-amino-alcohol motifs (C(OH)–C–C–N with tert-alkyl or cyclic N) is 1. The lowest BCUT2D eigenvalue weighted by atomic mass is 10.1. The van der Waals surface area contributed by atoms with Gasteiger partial charge in [0.25, 0.3) is 0 Å². The first-order valence-electron chi connectivity index (χ1n) is 8.54. The lowest BCUT2D eigenvalue weighted by Gasteiger charge is -2.41. The van der Waals surface area contributed by atoms with E-state index in [1.165, 1.54) is 0 Å². The maximum absolute atomic E-state index is 9.61. The Morgan fingerprint density at radius 1 is 1.26 bits per heavy atom. The number of benzene rings is 1. The average molecular weight is 322 g/mol. The van der Waals surface area contributed by atoms with E-state index in [1.807, 2.05) is 31.2 Å². The molecular weight excluding hydrogens is 292 g/mol. The van der Waals surface area contributed by atoms with Gasteiger partial charge in [0.05, 0.1) is 13.2 Å². The maximum Gasteiger partial charge on any atom is 0.161 e. The van der Waals surface area contributed by atoms with Gasteiger partial charge in [-0.2, -0.15) is 0 Å². The molecule has 0 spiro atoms. The summed E-state index contributed by atoms with van der Waals surface area (Å²) in [6.07, 6.45) is 0.848. The van der Waals surface area contributed by atoms with E-state index < -0.39 is 0 Å². The van der Waals surface area contributed by atoms with Crippen LogP contribution in [0.4, 0.5) is 0 Å². The fourth-order valence-corrected chi connectivity index (χ4v) is 3.15. The molecule has 1 fully saturated rings. The quantitative estimate of drug-likeness (QED) is 0.791. The Morgan fingerprint density at radius 2 is 2.00 bits per heavy atom. The number of aliphatic hydroxyl groups excluding tert-OH is 1. The molecule has 2 atom stereocenters. The second-order valence-corrected chi connectivity index (χ2v) is 6.21. The Hall–Kier alpha value is -1.30. The smallest absolute Gasteiger partial charge is 0.161 e. The summed E-state index contributed by atoms with van der Waals surface area (Å²) >= 11 is 0. The van der Waals surface area contributed by atoms with Gasteiger partial charge in [0.15, 0.2) is 11.5 Å². The number of para-hydroxylation sites is 2. The highest BCUT2D eigenvalue weighted by atomic mass is 16.5.